The van der Waals surface area contributed by atoms with Gasteiger partial charge in [0.1, 0.15) is 17.2 Å². The van der Waals surface area contributed by atoms with Gasteiger partial charge in [0.2, 0.25) is 0 Å². The standard InChI is InChI=1S/2C7H8O3S.C6H7FN/c2*1-6-2-4-7(5-3-6)11(8,9)10;1-8-5-3-2-4-6(8)7/h2*2-5H,1H3,(H,8,9,10);2-5H,1H3/q;;+1/p-1. The van der Waals surface area contributed by atoms with Crippen LogP contribution in [0.4, 0.5) is 4.39 Å². The lowest BCUT2D eigenvalue weighted by atomic mass is 10.2. The molecule has 10 heteroatoms. The highest BCUT2D eigenvalue weighted by Crippen LogP contribution is 2.09. The van der Waals surface area contributed by atoms with E-state index in [1.165, 1.54) is 34.9 Å². The van der Waals surface area contributed by atoms with Crippen LogP contribution in [0, 0.1) is 19.8 Å². The zero-order valence-electron chi connectivity index (χ0n) is 16.6. The third-order valence-corrected chi connectivity index (χ3v) is 5.34. The Morgan fingerprint density at radius 2 is 1.23 bits per heavy atom. The van der Waals surface area contributed by atoms with Crippen molar-refractivity contribution in [1.29, 1.82) is 0 Å². The van der Waals surface area contributed by atoms with Crippen LogP contribution < -0.4 is 4.57 Å². The summed E-state index contributed by atoms with van der Waals surface area (Å²) in [5.41, 5.74) is 1.88. The zero-order valence-corrected chi connectivity index (χ0v) is 18.2. The van der Waals surface area contributed by atoms with Crippen molar-refractivity contribution in [3.05, 3.63) is 90.0 Å². The van der Waals surface area contributed by atoms with E-state index in [9.17, 15) is 25.8 Å². The minimum absolute atomic E-state index is 0.0666. The molecule has 0 radical (unpaired) electrons. The van der Waals surface area contributed by atoms with Gasteiger partial charge in [-0.15, -0.1) is 4.39 Å². The van der Waals surface area contributed by atoms with Gasteiger partial charge in [-0.25, -0.2) is 8.42 Å². The number of pyridine rings is 1. The second-order valence-corrected chi connectivity index (χ2v) is 8.99. The molecule has 0 aliphatic rings. The topological polar surface area (TPSA) is 115 Å². The number of nitrogens with zero attached hydrogens (tertiary/aromatic N) is 1. The fraction of sp³-hybridized carbons (Fsp3) is 0.150. The molecule has 0 amide bonds. The van der Waals surface area contributed by atoms with E-state index in [2.05, 4.69) is 0 Å². The summed E-state index contributed by atoms with van der Waals surface area (Å²) in [6.45, 7) is 3.66. The molecular formula is C20H22FNO6S2. The minimum Gasteiger partial charge on any atom is -0.744 e. The number of hydrogen-bond donors (Lipinski definition) is 1. The highest BCUT2D eigenvalue weighted by molar-refractivity contribution is 7.86. The Morgan fingerprint density at radius 3 is 1.53 bits per heavy atom. The summed E-state index contributed by atoms with van der Waals surface area (Å²) >= 11 is 0. The summed E-state index contributed by atoms with van der Waals surface area (Å²) in [6.07, 6.45) is 1.66. The fourth-order valence-electron chi connectivity index (χ4n) is 1.92. The van der Waals surface area contributed by atoms with E-state index < -0.39 is 20.2 Å². The molecule has 2 aromatic carbocycles. The molecule has 1 heterocycles. The van der Waals surface area contributed by atoms with Crippen LogP contribution in [0.5, 0.6) is 0 Å². The number of benzene rings is 2. The van der Waals surface area contributed by atoms with Crippen LogP contribution in [0.3, 0.4) is 0 Å². The maximum Gasteiger partial charge on any atom is 0.359 e. The first kappa shape index (κ1) is 25.4. The minimum atomic E-state index is -4.27. The van der Waals surface area contributed by atoms with E-state index in [0.717, 1.165) is 11.1 Å². The molecule has 0 aliphatic heterocycles. The molecule has 0 unspecified atom stereocenters. The fourth-order valence-corrected chi connectivity index (χ4v) is 2.87. The lowest BCUT2D eigenvalue weighted by molar-refractivity contribution is -0.700. The van der Waals surface area contributed by atoms with E-state index in [-0.39, 0.29) is 15.7 Å². The molecule has 1 N–H and O–H groups in total. The average molecular weight is 456 g/mol. The highest BCUT2D eigenvalue weighted by atomic mass is 32.2. The Kier molecular flexibility index (Phi) is 9.24. The maximum atomic E-state index is 12.3. The molecule has 0 aliphatic carbocycles. The van der Waals surface area contributed by atoms with Crippen molar-refractivity contribution in [2.45, 2.75) is 23.6 Å². The molecule has 30 heavy (non-hydrogen) atoms. The van der Waals surface area contributed by atoms with Gasteiger partial charge in [0, 0.05) is 12.1 Å². The Hall–Kier alpha value is -2.66. The van der Waals surface area contributed by atoms with Crippen LogP contribution >= 0.6 is 0 Å². The lowest BCUT2D eigenvalue weighted by Crippen LogP contribution is -2.31. The van der Waals surface area contributed by atoms with Gasteiger partial charge in [-0.05, 0) is 44.2 Å². The predicted octanol–water partition coefficient (Wildman–Crippen LogP) is 2.79. The van der Waals surface area contributed by atoms with Gasteiger partial charge < -0.3 is 4.55 Å². The molecule has 1 aromatic heterocycles. The average Bonchev–Trinajstić information content (AvgIpc) is 2.64. The third kappa shape index (κ3) is 9.23. The van der Waals surface area contributed by atoms with Gasteiger partial charge in [0.25, 0.3) is 10.1 Å². The number of rotatable bonds is 2. The van der Waals surface area contributed by atoms with Crippen molar-refractivity contribution < 1.29 is 34.9 Å². The number of aryl methyl sites for hydroxylation is 3. The second-order valence-electron chi connectivity index (χ2n) is 6.19. The van der Waals surface area contributed by atoms with Gasteiger partial charge in [0.05, 0.1) is 9.79 Å². The Bertz CT molecular complexity index is 1070. The maximum absolute atomic E-state index is 12.3. The van der Waals surface area contributed by atoms with Crippen molar-refractivity contribution in [1.82, 2.24) is 0 Å². The summed E-state index contributed by atoms with van der Waals surface area (Å²) in [5.74, 6) is -0.215. The van der Waals surface area contributed by atoms with Gasteiger partial charge in [-0.2, -0.15) is 13.0 Å². The molecule has 0 fully saturated rings. The molecule has 3 aromatic rings. The summed E-state index contributed by atoms with van der Waals surface area (Å²) in [4.78, 5) is -0.244. The summed E-state index contributed by atoms with van der Waals surface area (Å²) < 4.78 is 74.4. The number of halogens is 1. The SMILES string of the molecule is C[n+]1ccccc1F.Cc1ccc(S(=O)(=O)O)cc1.Cc1ccc(S(=O)(=O)[O-])cc1. The van der Waals surface area contributed by atoms with Gasteiger partial charge >= 0.3 is 5.95 Å². The number of aromatic nitrogens is 1. The number of hydrogen-bond acceptors (Lipinski definition) is 5. The van der Waals surface area contributed by atoms with Crippen LogP contribution in [0.15, 0.2) is 82.7 Å². The molecule has 0 atom stereocenters. The Balaban J connectivity index is 0.000000228. The van der Waals surface area contributed by atoms with E-state index in [1.807, 2.05) is 13.8 Å². The molecule has 162 valence electrons. The summed E-state index contributed by atoms with van der Waals surface area (Å²) in [6, 6.07) is 16.6. The lowest BCUT2D eigenvalue weighted by Gasteiger charge is -2.05. The van der Waals surface area contributed by atoms with E-state index in [0.29, 0.717) is 0 Å². The zero-order chi connectivity index (χ0) is 22.9. The monoisotopic (exact) mass is 455 g/mol. The smallest absolute Gasteiger partial charge is 0.359 e. The molecule has 0 saturated carbocycles. The van der Waals surface area contributed by atoms with Crippen molar-refractivity contribution >= 4 is 20.2 Å². The quantitative estimate of drug-likeness (QED) is 0.361. The van der Waals surface area contributed by atoms with Crippen molar-refractivity contribution in [2.24, 2.45) is 7.05 Å². The third-order valence-electron chi connectivity index (χ3n) is 3.62. The van der Waals surface area contributed by atoms with E-state index in [1.54, 1.807) is 49.6 Å². The van der Waals surface area contributed by atoms with Crippen LogP contribution in [0.2, 0.25) is 0 Å². The largest absolute Gasteiger partial charge is 0.744 e. The summed E-state index contributed by atoms with van der Waals surface area (Å²) in [7, 11) is -6.63. The van der Waals surface area contributed by atoms with Crippen LogP contribution in [0.1, 0.15) is 11.1 Å². The van der Waals surface area contributed by atoms with Crippen molar-refractivity contribution in [2.75, 3.05) is 0 Å². The molecular weight excluding hydrogens is 433 g/mol. The summed E-state index contributed by atoms with van der Waals surface area (Å²) in [5, 5.41) is 0. The van der Waals surface area contributed by atoms with Crippen molar-refractivity contribution in [3.8, 4) is 0 Å². The highest BCUT2D eigenvalue weighted by Gasteiger charge is 2.06. The van der Waals surface area contributed by atoms with Crippen LogP contribution in [-0.4, -0.2) is 25.9 Å². The van der Waals surface area contributed by atoms with Gasteiger partial charge in [-0.1, -0.05) is 35.4 Å². The first-order valence-electron chi connectivity index (χ1n) is 8.47. The Labute approximate surface area is 176 Å². The second kappa shape index (κ2) is 10.9. The molecule has 0 spiro atoms. The first-order chi connectivity index (χ1) is 13.8. The molecule has 7 nitrogen and oxygen atoms in total. The first-order valence-corrected chi connectivity index (χ1v) is 11.3. The predicted molar refractivity (Wildman–Crippen MR) is 108 cm³/mol. The normalized spacial score (nSPS) is 10.9. The van der Waals surface area contributed by atoms with E-state index >= 15 is 0 Å². The van der Waals surface area contributed by atoms with Crippen molar-refractivity contribution in [3.63, 3.8) is 0 Å². The molecule has 0 saturated heterocycles. The van der Waals surface area contributed by atoms with Gasteiger partial charge in [0.15, 0.2) is 6.20 Å². The van der Waals surface area contributed by atoms with Crippen LogP contribution in [0.25, 0.3) is 0 Å². The van der Waals surface area contributed by atoms with Crippen LogP contribution in [-0.2, 0) is 27.3 Å². The Morgan fingerprint density at radius 1 is 0.800 bits per heavy atom. The molecule has 3 rings (SSSR count). The van der Waals surface area contributed by atoms with E-state index in [4.69, 9.17) is 4.55 Å². The van der Waals surface area contributed by atoms with Gasteiger partial charge in [-0.3, -0.25) is 4.55 Å². The molecule has 0 bridgehead atoms.